The van der Waals surface area contributed by atoms with Gasteiger partial charge in [0.05, 0.1) is 0 Å². The van der Waals surface area contributed by atoms with Crippen LogP contribution in [0.4, 0.5) is 0 Å². The summed E-state index contributed by atoms with van der Waals surface area (Å²) in [6.07, 6.45) is 0.439. The molecule has 2 aromatic carbocycles. The van der Waals surface area contributed by atoms with Crippen LogP contribution in [0.15, 0.2) is 48.5 Å². The van der Waals surface area contributed by atoms with Crippen LogP contribution in [0.2, 0.25) is 0 Å². The minimum absolute atomic E-state index is 0.213. The minimum Gasteiger partial charge on any atom is -0.375 e. The van der Waals surface area contributed by atoms with Gasteiger partial charge in [-0.2, -0.15) is 0 Å². The summed E-state index contributed by atoms with van der Waals surface area (Å²) in [6, 6.07) is 15.7. The van der Waals surface area contributed by atoms with Crippen molar-refractivity contribution in [1.29, 1.82) is 0 Å². The highest BCUT2D eigenvalue weighted by atomic mass is 16.3. The monoisotopic (exact) mass is 269 g/mol. The van der Waals surface area contributed by atoms with Gasteiger partial charge in [0.15, 0.2) is 0 Å². The van der Waals surface area contributed by atoms with Crippen molar-refractivity contribution in [3.8, 4) is 11.1 Å². The molecule has 3 nitrogen and oxygen atoms in total. The van der Waals surface area contributed by atoms with Gasteiger partial charge in [-0.05, 0) is 35.6 Å². The normalized spacial score (nSPS) is 12.2. The van der Waals surface area contributed by atoms with Gasteiger partial charge in [-0.3, -0.25) is 0 Å². The third-order valence-corrected chi connectivity index (χ3v) is 3.31. The van der Waals surface area contributed by atoms with Crippen molar-refractivity contribution in [2.24, 2.45) is 5.73 Å². The Morgan fingerprint density at radius 3 is 2.00 bits per heavy atom. The number of carbonyl (C=O) groups is 1. The zero-order chi connectivity index (χ0) is 14.5. The first-order valence-corrected chi connectivity index (χ1v) is 6.68. The summed E-state index contributed by atoms with van der Waals surface area (Å²) >= 11 is 0. The van der Waals surface area contributed by atoms with E-state index in [0.717, 1.165) is 23.1 Å². The van der Waals surface area contributed by atoms with Crippen molar-refractivity contribution in [2.75, 3.05) is 0 Å². The summed E-state index contributed by atoms with van der Waals surface area (Å²) in [5.41, 5.74) is 9.46. The van der Waals surface area contributed by atoms with Crippen LogP contribution in [0, 0.1) is 0 Å². The SMILES string of the molecule is CC(=O)CCc1ccc(-c2ccc(C(N)O)cc2)cc1. The van der Waals surface area contributed by atoms with Gasteiger partial charge in [0.25, 0.3) is 0 Å². The summed E-state index contributed by atoms with van der Waals surface area (Å²) < 4.78 is 0. The number of Topliss-reactive ketones (excluding diaryl/α,β-unsaturated/α-hetero) is 1. The van der Waals surface area contributed by atoms with Crippen LogP contribution in [-0.4, -0.2) is 10.9 Å². The van der Waals surface area contributed by atoms with E-state index < -0.39 is 6.23 Å². The molecule has 0 bridgehead atoms. The molecule has 0 aliphatic heterocycles. The summed E-state index contributed by atoms with van der Waals surface area (Å²) in [6.45, 7) is 1.61. The molecule has 104 valence electrons. The number of rotatable bonds is 5. The molecule has 0 aliphatic carbocycles. The summed E-state index contributed by atoms with van der Waals surface area (Å²) in [4.78, 5) is 11.0. The number of hydrogen-bond acceptors (Lipinski definition) is 3. The number of carbonyl (C=O) groups excluding carboxylic acids is 1. The van der Waals surface area contributed by atoms with E-state index in [1.807, 2.05) is 48.5 Å². The van der Waals surface area contributed by atoms with Gasteiger partial charge in [-0.1, -0.05) is 48.5 Å². The van der Waals surface area contributed by atoms with E-state index in [4.69, 9.17) is 5.73 Å². The van der Waals surface area contributed by atoms with Gasteiger partial charge in [-0.15, -0.1) is 0 Å². The molecule has 0 heterocycles. The molecular weight excluding hydrogens is 250 g/mol. The zero-order valence-corrected chi connectivity index (χ0v) is 11.5. The highest BCUT2D eigenvalue weighted by Crippen LogP contribution is 2.21. The molecule has 0 radical (unpaired) electrons. The first kappa shape index (κ1) is 14.4. The maximum Gasteiger partial charge on any atom is 0.130 e. The summed E-state index contributed by atoms with van der Waals surface area (Å²) in [5, 5.41) is 9.28. The first-order valence-electron chi connectivity index (χ1n) is 6.68. The van der Waals surface area contributed by atoms with E-state index in [0.29, 0.717) is 12.0 Å². The highest BCUT2D eigenvalue weighted by Gasteiger charge is 2.03. The number of hydrogen-bond donors (Lipinski definition) is 2. The fourth-order valence-corrected chi connectivity index (χ4v) is 2.06. The molecule has 3 N–H and O–H groups in total. The number of aliphatic hydroxyl groups excluding tert-OH is 1. The Kier molecular flexibility index (Phi) is 4.66. The molecule has 0 amide bonds. The Balaban J connectivity index is 2.11. The molecule has 2 rings (SSSR count). The van der Waals surface area contributed by atoms with Crippen molar-refractivity contribution >= 4 is 5.78 Å². The average molecular weight is 269 g/mol. The number of nitrogens with two attached hydrogens (primary N) is 1. The Labute approximate surface area is 119 Å². The lowest BCUT2D eigenvalue weighted by Gasteiger charge is -2.07. The van der Waals surface area contributed by atoms with E-state index in [2.05, 4.69) is 0 Å². The quantitative estimate of drug-likeness (QED) is 0.820. The summed E-state index contributed by atoms with van der Waals surface area (Å²) in [7, 11) is 0. The standard InChI is InChI=1S/C17H19NO2/c1-12(19)2-3-13-4-6-14(7-5-13)15-8-10-16(11-9-15)17(18)20/h4-11,17,20H,2-3,18H2,1H3. The number of benzene rings is 2. The van der Waals surface area contributed by atoms with E-state index in [1.165, 1.54) is 0 Å². The lowest BCUT2D eigenvalue weighted by Crippen LogP contribution is -2.07. The smallest absolute Gasteiger partial charge is 0.130 e. The van der Waals surface area contributed by atoms with Crippen molar-refractivity contribution in [2.45, 2.75) is 26.0 Å². The number of aryl methyl sites for hydroxylation is 1. The third kappa shape index (κ3) is 3.76. The molecule has 0 fully saturated rings. The highest BCUT2D eigenvalue weighted by molar-refractivity contribution is 5.75. The average Bonchev–Trinajstić information content (AvgIpc) is 2.46. The molecule has 0 saturated heterocycles. The molecule has 3 heteroatoms. The second kappa shape index (κ2) is 6.46. The van der Waals surface area contributed by atoms with Gasteiger partial charge in [0.1, 0.15) is 12.0 Å². The Bertz CT molecular complexity index is 571. The van der Waals surface area contributed by atoms with E-state index in [1.54, 1.807) is 6.92 Å². The molecule has 0 aliphatic rings. The molecule has 0 spiro atoms. The molecule has 2 aromatic rings. The van der Waals surface area contributed by atoms with Crippen molar-refractivity contribution in [3.63, 3.8) is 0 Å². The molecule has 20 heavy (non-hydrogen) atoms. The fraction of sp³-hybridized carbons (Fsp3) is 0.235. The van der Waals surface area contributed by atoms with E-state index in [9.17, 15) is 9.90 Å². The fourth-order valence-electron chi connectivity index (χ4n) is 2.06. The molecule has 1 atom stereocenters. The van der Waals surface area contributed by atoms with Crippen LogP contribution in [0.5, 0.6) is 0 Å². The van der Waals surface area contributed by atoms with Crippen molar-refractivity contribution in [3.05, 3.63) is 59.7 Å². The largest absolute Gasteiger partial charge is 0.375 e. The van der Waals surface area contributed by atoms with Crippen molar-refractivity contribution < 1.29 is 9.90 Å². The maximum atomic E-state index is 11.0. The van der Waals surface area contributed by atoms with Gasteiger partial charge in [0.2, 0.25) is 0 Å². The van der Waals surface area contributed by atoms with Crippen molar-refractivity contribution in [1.82, 2.24) is 0 Å². The topological polar surface area (TPSA) is 63.3 Å². The molecule has 0 saturated carbocycles. The lowest BCUT2D eigenvalue weighted by atomic mass is 10.0. The molecule has 1 unspecified atom stereocenters. The van der Waals surface area contributed by atoms with E-state index in [-0.39, 0.29) is 5.78 Å². The second-order valence-electron chi connectivity index (χ2n) is 4.97. The van der Waals surface area contributed by atoms with Crippen LogP contribution in [0.25, 0.3) is 11.1 Å². The predicted molar refractivity (Wildman–Crippen MR) is 80.0 cm³/mol. The van der Waals surface area contributed by atoms with Crippen LogP contribution in [0.3, 0.4) is 0 Å². The Hall–Kier alpha value is -1.97. The minimum atomic E-state index is -0.932. The van der Waals surface area contributed by atoms with Gasteiger partial charge in [0, 0.05) is 6.42 Å². The number of ketones is 1. The van der Waals surface area contributed by atoms with Crippen LogP contribution >= 0.6 is 0 Å². The second-order valence-corrected chi connectivity index (χ2v) is 4.97. The van der Waals surface area contributed by atoms with Gasteiger partial charge >= 0.3 is 0 Å². The predicted octanol–water partition coefficient (Wildman–Crippen LogP) is 2.82. The molecular formula is C17H19NO2. The first-order chi connectivity index (χ1) is 9.56. The third-order valence-electron chi connectivity index (χ3n) is 3.31. The maximum absolute atomic E-state index is 11.0. The van der Waals surface area contributed by atoms with Gasteiger partial charge in [-0.25, -0.2) is 0 Å². The Morgan fingerprint density at radius 1 is 1.05 bits per heavy atom. The van der Waals surface area contributed by atoms with Crippen LogP contribution in [-0.2, 0) is 11.2 Å². The molecule has 0 aromatic heterocycles. The Morgan fingerprint density at radius 2 is 1.55 bits per heavy atom. The van der Waals surface area contributed by atoms with Crippen LogP contribution in [0.1, 0.15) is 30.7 Å². The summed E-state index contributed by atoms with van der Waals surface area (Å²) in [5.74, 6) is 0.213. The lowest BCUT2D eigenvalue weighted by molar-refractivity contribution is -0.116. The van der Waals surface area contributed by atoms with E-state index >= 15 is 0 Å². The van der Waals surface area contributed by atoms with Crippen LogP contribution < -0.4 is 5.73 Å². The van der Waals surface area contributed by atoms with Gasteiger partial charge < -0.3 is 15.6 Å². The number of aliphatic hydroxyl groups is 1. The zero-order valence-electron chi connectivity index (χ0n) is 11.5.